The van der Waals surface area contributed by atoms with E-state index in [0.29, 0.717) is 0 Å². The highest BCUT2D eigenvalue weighted by atomic mass is 32.2. The summed E-state index contributed by atoms with van der Waals surface area (Å²) >= 11 is 4.24. The quantitative estimate of drug-likeness (QED) is 0.424. The van der Waals surface area contributed by atoms with Crippen molar-refractivity contribution in [1.82, 2.24) is 9.97 Å². The molecule has 4 unspecified atom stereocenters. The molecule has 8 heteroatoms. The fourth-order valence-corrected chi connectivity index (χ4v) is 8.33. The van der Waals surface area contributed by atoms with Crippen molar-refractivity contribution in [2.45, 2.75) is 118 Å². The standard InChI is InChI=1S/C27H39B4N2S2/c1-5-26(3,28)31(29)27(4,6-2)30-19-13-14-22-23(15-19)33-25-18-35-21-12-10-8-7-9-11-20(16-21)34-17-24(25)32-22/h13-15,20-21H,5-12,16-18H2,1-4H3. The molecule has 1 fully saturated rings. The van der Waals surface area contributed by atoms with Gasteiger partial charge in [0.25, 0.3) is 0 Å². The molecule has 0 spiro atoms. The maximum Gasteiger partial charge on any atom is 0.149 e. The van der Waals surface area contributed by atoms with Gasteiger partial charge in [0.1, 0.15) is 7.28 Å². The number of thioether (sulfide) groups is 2. The van der Waals surface area contributed by atoms with Gasteiger partial charge in [0, 0.05) is 29.7 Å². The summed E-state index contributed by atoms with van der Waals surface area (Å²) in [5, 5.41) is 0.917. The lowest BCUT2D eigenvalue weighted by molar-refractivity contribution is 0.628. The number of fused-ring (bicyclic) bond motifs is 4. The topological polar surface area (TPSA) is 25.8 Å². The molecule has 1 aliphatic heterocycles. The molecule has 2 aliphatic rings. The van der Waals surface area contributed by atoms with Gasteiger partial charge in [0.05, 0.1) is 36.9 Å². The zero-order valence-electron chi connectivity index (χ0n) is 22.2. The lowest BCUT2D eigenvalue weighted by atomic mass is 9.03. The average molecular weight is 499 g/mol. The summed E-state index contributed by atoms with van der Waals surface area (Å²) in [7, 11) is 15.6. The van der Waals surface area contributed by atoms with E-state index in [1.165, 1.54) is 56.3 Å². The van der Waals surface area contributed by atoms with E-state index in [2.05, 4.69) is 76.7 Å². The van der Waals surface area contributed by atoms with Crippen molar-refractivity contribution in [2.75, 3.05) is 0 Å². The SMILES string of the molecule is [B]B(C([B])(C)CC)C(C)([B]c1ccc2nc3c(nc2c1)CSC1CCCCCCC(C1)SC3)CC. The third-order valence-corrected chi connectivity index (χ3v) is 11.2. The van der Waals surface area contributed by atoms with Crippen LogP contribution in [0.2, 0.25) is 10.4 Å². The molecule has 2 heterocycles. The third kappa shape index (κ3) is 6.70. The van der Waals surface area contributed by atoms with Crippen LogP contribution in [-0.4, -0.2) is 49.9 Å². The highest BCUT2D eigenvalue weighted by Crippen LogP contribution is 2.43. The number of aromatic nitrogens is 2. The summed E-state index contributed by atoms with van der Waals surface area (Å²) in [5.41, 5.74) is 5.53. The summed E-state index contributed by atoms with van der Waals surface area (Å²) in [5.74, 6) is 1.96. The molecule has 35 heavy (non-hydrogen) atoms. The molecule has 4 rings (SSSR count). The Hall–Kier alpha value is -0.480. The molecule has 2 bridgehead atoms. The first-order valence-electron chi connectivity index (χ1n) is 13.7. The second-order valence-electron chi connectivity index (χ2n) is 11.3. The Morgan fingerprint density at radius 1 is 0.943 bits per heavy atom. The molecule has 0 amide bonds. The second kappa shape index (κ2) is 11.9. The van der Waals surface area contributed by atoms with Crippen LogP contribution in [0, 0.1) is 0 Å². The third-order valence-electron chi connectivity index (χ3n) is 8.52. The van der Waals surface area contributed by atoms with Gasteiger partial charge in [-0.2, -0.15) is 23.5 Å². The average Bonchev–Trinajstić information content (AvgIpc) is 3.02. The Kier molecular flexibility index (Phi) is 9.39. The molecule has 5 radical (unpaired) electrons. The minimum absolute atomic E-state index is 0.128. The van der Waals surface area contributed by atoms with Crippen LogP contribution in [0.1, 0.15) is 96.9 Å². The number of benzene rings is 1. The van der Waals surface area contributed by atoms with Gasteiger partial charge in [0.15, 0.2) is 0 Å². The number of hydrogen-bond donors (Lipinski definition) is 0. The van der Waals surface area contributed by atoms with E-state index < -0.39 is 5.21 Å². The lowest BCUT2D eigenvalue weighted by Crippen LogP contribution is -2.47. The summed E-state index contributed by atoms with van der Waals surface area (Å²) in [6, 6.07) is 6.51. The summed E-state index contributed by atoms with van der Waals surface area (Å²) < 4.78 is 0. The fraction of sp³-hybridized carbons (Fsp3) is 0.704. The van der Waals surface area contributed by atoms with Crippen LogP contribution in [0.4, 0.5) is 0 Å². The van der Waals surface area contributed by atoms with Gasteiger partial charge in [-0.1, -0.05) is 88.2 Å². The van der Waals surface area contributed by atoms with E-state index in [-0.39, 0.29) is 11.8 Å². The monoisotopic (exact) mass is 499 g/mol. The van der Waals surface area contributed by atoms with E-state index in [9.17, 15) is 0 Å². The van der Waals surface area contributed by atoms with Crippen LogP contribution in [0.3, 0.4) is 0 Å². The Bertz CT molecular complexity index is 1000. The molecule has 4 atom stereocenters. The Labute approximate surface area is 226 Å². The fourth-order valence-electron chi connectivity index (χ4n) is 5.55. The predicted molar refractivity (Wildman–Crippen MR) is 162 cm³/mol. The van der Waals surface area contributed by atoms with Crippen molar-refractivity contribution in [1.29, 1.82) is 0 Å². The van der Waals surface area contributed by atoms with E-state index in [4.69, 9.17) is 25.6 Å². The van der Waals surface area contributed by atoms with Crippen molar-refractivity contribution >= 4 is 69.5 Å². The van der Waals surface area contributed by atoms with Gasteiger partial charge in [-0.05, 0) is 31.4 Å². The van der Waals surface area contributed by atoms with E-state index in [0.717, 1.165) is 51.3 Å². The Morgan fingerprint density at radius 3 is 2.11 bits per heavy atom. The molecule has 2 nitrogen and oxygen atoms in total. The molecule has 1 aromatic heterocycles. The summed E-state index contributed by atoms with van der Waals surface area (Å²) in [6.07, 6.45) is 11.4. The van der Waals surface area contributed by atoms with Gasteiger partial charge < -0.3 is 0 Å². The summed E-state index contributed by atoms with van der Waals surface area (Å²) in [6.45, 7) is 8.50. The largest absolute Gasteiger partial charge is 0.248 e. The minimum Gasteiger partial charge on any atom is -0.248 e. The lowest BCUT2D eigenvalue weighted by Gasteiger charge is -2.43. The normalized spacial score (nSPS) is 24.8. The molecule has 1 aromatic carbocycles. The molecule has 1 aliphatic carbocycles. The van der Waals surface area contributed by atoms with E-state index in [1.54, 1.807) is 0 Å². The zero-order valence-corrected chi connectivity index (χ0v) is 23.8. The second-order valence-corrected chi connectivity index (χ2v) is 13.9. The molecule has 0 N–H and O–H groups in total. The van der Waals surface area contributed by atoms with Crippen LogP contribution < -0.4 is 5.46 Å². The maximum atomic E-state index is 6.73. The first-order chi connectivity index (χ1) is 16.7. The van der Waals surface area contributed by atoms with E-state index >= 15 is 0 Å². The Morgan fingerprint density at radius 2 is 1.54 bits per heavy atom. The number of nitrogens with zero attached hydrogens (tertiary/aromatic N) is 2. The number of hydrogen-bond acceptors (Lipinski definition) is 4. The van der Waals surface area contributed by atoms with Crippen LogP contribution in [0.5, 0.6) is 0 Å². The number of rotatable bonds is 6. The summed E-state index contributed by atoms with van der Waals surface area (Å²) in [4.78, 5) is 10.3. The van der Waals surface area contributed by atoms with Crippen LogP contribution in [-0.2, 0) is 11.5 Å². The molecular weight excluding hydrogens is 460 g/mol. The van der Waals surface area contributed by atoms with Crippen molar-refractivity contribution < 1.29 is 0 Å². The first-order valence-corrected chi connectivity index (χ1v) is 15.8. The highest BCUT2D eigenvalue weighted by molar-refractivity contribution is 8.00. The molecule has 181 valence electrons. The molecule has 1 saturated carbocycles. The van der Waals surface area contributed by atoms with Crippen molar-refractivity contribution in [3.05, 3.63) is 29.6 Å². The van der Waals surface area contributed by atoms with Gasteiger partial charge in [-0.25, -0.2) is 9.97 Å². The van der Waals surface area contributed by atoms with Crippen molar-refractivity contribution in [2.24, 2.45) is 0 Å². The van der Waals surface area contributed by atoms with Crippen LogP contribution in [0.15, 0.2) is 18.2 Å². The smallest absolute Gasteiger partial charge is 0.149 e. The maximum absolute atomic E-state index is 6.73. The highest BCUT2D eigenvalue weighted by Gasteiger charge is 2.40. The molecule has 0 saturated heterocycles. The van der Waals surface area contributed by atoms with Gasteiger partial charge in [-0.3, -0.25) is 0 Å². The van der Waals surface area contributed by atoms with Crippen LogP contribution in [0.25, 0.3) is 11.0 Å². The molecular formula is C27H39B4N2S2. The van der Waals surface area contributed by atoms with Gasteiger partial charge in [0.2, 0.25) is 0 Å². The predicted octanol–water partition coefficient (Wildman–Crippen LogP) is 6.50. The van der Waals surface area contributed by atoms with Gasteiger partial charge in [-0.15, -0.1) is 0 Å². The zero-order chi connectivity index (χ0) is 25.1. The van der Waals surface area contributed by atoms with Crippen LogP contribution >= 0.6 is 23.5 Å². The minimum atomic E-state index is -0.407. The van der Waals surface area contributed by atoms with Crippen molar-refractivity contribution in [3.63, 3.8) is 0 Å². The van der Waals surface area contributed by atoms with Gasteiger partial charge >= 0.3 is 0 Å². The molecule has 2 aromatic rings. The first kappa shape index (κ1) is 27.6. The Balaban J connectivity index is 1.60. The van der Waals surface area contributed by atoms with E-state index in [1.807, 2.05) is 0 Å². The van der Waals surface area contributed by atoms with Crippen molar-refractivity contribution in [3.8, 4) is 0 Å².